The Balaban J connectivity index is 1.50. The van der Waals surface area contributed by atoms with Crippen molar-refractivity contribution in [3.05, 3.63) is 65.2 Å². The van der Waals surface area contributed by atoms with Crippen molar-refractivity contribution < 1.29 is 19.1 Å². The molecule has 2 aromatic carbocycles. The van der Waals surface area contributed by atoms with Crippen molar-refractivity contribution in [2.75, 3.05) is 30.9 Å². The van der Waals surface area contributed by atoms with Crippen molar-refractivity contribution in [1.82, 2.24) is 4.90 Å². The van der Waals surface area contributed by atoms with Crippen LogP contribution in [0.2, 0.25) is 0 Å². The molecule has 2 N–H and O–H groups in total. The molecule has 2 aliphatic rings. The van der Waals surface area contributed by atoms with Gasteiger partial charge in [-0.15, -0.1) is 0 Å². The predicted octanol–water partition coefficient (Wildman–Crippen LogP) is 4.64. The maximum atomic E-state index is 13.2. The summed E-state index contributed by atoms with van der Waals surface area (Å²) in [4.78, 5) is 41.1. The van der Waals surface area contributed by atoms with E-state index in [4.69, 9.17) is 4.74 Å². The molecule has 0 aromatic heterocycles. The molecule has 1 aliphatic carbocycles. The fraction of sp³-hybridized carbons (Fsp3) is 0.346. The van der Waals surface area contributed by atoms with E-state index in [1.807, 2.05) is 54.6 Å². The Morgan fingerprint density at radius 2 is 1.71 bits per heavy atom. The van der Waals surface area contributed by atoms with Gasteiger partial charge in [0.05, 0.1) is 0 Å². The fourth-order valence-corrected chi connectivity index (χ4v) is 5.10. The van der Waals surface area contributed by atoms with Gasteiger partial charge in [0, 0.05) is 42.4 Å². The molecule has 0 spiro atoms. The molecule has 2 aromatic rings. The molecule has 1 fully saturated rings. The van der Waals surface area contributed by atoms with Crippen molar-refractivity contribution in [1.29, 1.82) is 0 Å². The third-order valence-corrected chi connectivity index (χ3v) is 7.06. The van der Waals surface area contributed by atoms with Crippen LogP contribution in [0.4, 0.5) is 11.4 Å². The summed E-state index contributed by atoms with van der Waals surface area (Å²) in [7, 11) is 1.59. The van der Waals surface area contributed by atoms with E-state index < -0.39 is 0 Å². The van der Waals surface area contributed by atoms with Crippen LogP contribution in [-0.4, -0.2) is 42.9 Å². The standard InChI is InChI=1S/C26H29N3O4S/c1-33-17-7-16-29-25(31)22(27-19-10-3-2-4-11-19)23(26(29)32)34-21-14-12-20(13-15-21)28-24(30)18-8-5-6-9-18/h2-4,10-15,18,27H,5-9,16-17H2,1H3,(H,28,30). The maximum Gasteiger partial charge on any atom is 0.278 e. The molecule has 7 nitrogen and oxygen atoms in total. The summed E-state index contributed by atoms with van der Waals surface area (Å²) in [6.45, 7) is 0.761. The summed E-state index contributed by atoms with van der Waals surface area (Å²) in [6.07, 6.45) is 4.68. The van der Waals surface area contributed by atoms with Gasteiger partial charge < -0.3 is 15.4 Å². The second-order valence-corrected chi connectivity index (χ2v) is 9.48. The van der Waals surface area contributed by atoms with Crippen LogP contribution in [0.25, 0.3) is 0 Å². The van der Waals surface area contributed by atoms with Crippen molar-refractivity contribution >= 4 is 40.9 Å². The van der Waals surface area contributed by atoms with E-state index in [-0.39, 0.29) is 29.3 Å². The van der Waals surface area contributed by atoms with E-state index in [2.05, 4.69) is 10.6 Å². The highest BCUT2D eigenvalue weighted by Crippen LogP contribution is 2.36. The van der Waals surface area contributed by atoms with Gasteiger partial charge >= 0.3 is 0 Å². The maximum absolute atomic E-state index is 13.2. The zero-order valence-electron chi connectivity index (χ0n) is 19.2. The predicted molar refractivity (Wildman–Crippen MR) is 133 cm³/mol. The number of thioether (sulfide) groups is 1. The van der Waals surface area contributed by atoms with Crippen LogP contribution in [-0.2, 0) is 19.1 Å². The van der Waals surface area contributed by atoms with Crippen LogP contribution in [0, 0.1) is 5.92 Å². The summed E-state index contributed by atoms with van der Waals surface area (Å²) >= 11 is 1.25. The summed E-state index contributed by atoms with van der Waals surface area (Å²) in [6, 6.07) is 16.7. The Labute approximate surface area is 203 Å². The van der Waals surface area contributed by atoms with Crippen LogP contribution in [0.3, 0.4) is 0 Å². The molecular weight excluding hydrogens is 450 g/mol. The number of methoxy groups -OCH3 is 1. The van der Waals surface area contributed by atoms with Crippen molar-refractivity contribution in [2.24, 2.45) is 5.92 Å². The number of anilines is 2. The molecule has 0 radical (unpaired) electrons. The van der Waals surface area contributed by atoms with Gasteiger partial charge in [0.25, 0.3) is 11.8 Å². The van der Waals surface area contributed by atoms with E-state index >= 15 is 0 Å². The molecule has 1 saturated carbocycles. The summed E-state index contributed by atoms with van der Waals surface area (Å²) < 4.78 is 5.07. The molecule has 3 amide bonds. The number of imide groups is 1. The van der Waals surface area contributed by atoms with Crippen LogP contribution in [0.15, 0.2) is 70.1 Å². The molecule has 178 valence electrons. The lowest BCUT2D eigenvalue weighted by Crippen LogP contribution is -2.33. The topological polar surface area (TPSA) is 87.7 Å². The number of carbonyl (C=O) groups is 3. The van der Waals surface area contributed by atoms with Crippen molar-refractivity contribution in [3.63, 3.8) is 0 Å². The molecular formula is C26H29N3O4S. The monoisotopic (exact) mass is 479 g/mol. The van der Waals surface area contributed by atoms with Gasteiger partial charge in [-0.2, -0.15) is 0 Å². The Hall–Kier alpha value is -3.10. The minimum absolute atomic E-state index is 0.0678. The third-order valence-electron chi connectivity index (χ3n) is 5.97. The lowest BCUT2D eigenvalue weighted by atomic mass is 10.1. The van der Waals surface area contributed by atoms with Crippen molar-refractivity contribution in [3.8, 4) is 0 Å². The third kappa shape index (κ3) is 5.69. The number of nitrogens with one attached hydrogen (secondary N) is 2. The molecule has 0 atom stereocenters. The molecule has 0 saturated heterocycles. The van der Waals surface area contributed by atoms with E-state index in [0.717, 1.165) is 42.0 Å². The van der Waals surface area contributed by atoms with Gasteiger partial charge in [0.1, 0.15) is 10.6 Å². The number of rotatable bonds is 10. The van der Waals surface area contributed by atoms with Gasteiger partial charge in [-0.3, -0.25) is 19.3 Å². The Bertz CT molecular complexity index is 1060. The highest BCUT2D eigenvalue weighted by atomic mass is 32.2. The number of para-hydroxylation sites is 1. The van der Waals surface area contributed by atoms with Gasteiger partial charge in [-0.1, -0.05) is 42.8 Å². The van der Waals surface area contributed by atoms with E-state index in [9.17, 15) is 14.4 Å². The average molecular weight is 480 g/mol. The molecule has 1 aliphatic heterocycles. The SMILES string of the molecule is COCCCN1C(=O)C(Nc2ccccc2)=C(Sc2ccc(NC(=O)C3CCCC3)cc2)C1=O. The minimum atomic E-state index is -0.340. The van der Waals surface area contributed by atoms with Gasteiger partial charge in [0.2, 0.25) is 5.91 Å². The number of nitrogens with zero attached hydrogens (tertiary/aromatic N) is 1. The number of hydrogen-bond donors (Lipinski definition) is 2. The molecule has 0 bridgehead atoms. The average Bonchev–Trinajstić information content (AvgIpc) is 3.46. The zero-order valence-corrected chi connectivity index (χ0v) is 20.0. The summed E-state index contributed by atoms with van der Waals surface area (Å²) in [5.74, 6) is -0.494. The number of hydrogen-bond acceptors (Lipinski definition) is 6. The Morgan fingerprint density at radius 3 is 2.38 bits per heavy atom. The first kappa shape index (κ1) is 24.0. The smallest absolute Gasteiger partial charge is 0.278 e. The van der Waals surface area contributed by atoms with Crippen LogP contribution < -0.4 is 10.6 Å². The first-order valence-electron chi connectivity index (χ1n) is 11.6. The number of carbonyl (C=O) groups excluding carboxylic acids is 3. The highest BCUT2D eigenvalue weighted by molar-refractivity contribution is 8.04. The Kier molecular flexibility index (Phi) is 8.03. The van der Waals surface area contributed by atoms with Crippen LogP contribution in [0.5, 0.6) is 0 Å². The van der Waals surface area contributed by atoms with Gasteiger partial charge in [-0.25, -0.2) is 0 Å². The minimum Gasteiger partial charge on any atom is -0.385 e. The second-order valence-electron chi connectivity index (χ2n) is 8.40. The van der Waals surface area contributed by atoms with E-state index in [1.165, 1.54) is 16.7 Å². The van der Waals surface area contributed by atoms with Crippen LogP contribution >= 0.6 is 11.8 Å². The molecule has 34 heavy (non-hydrogen) atoms. The summed E-state index contributed by atoms with van der Waals surface area (Å²) in [5, 5.41) is 6.12. The lowest BCUT2D eigenvalue weighted by Gasteiger charge is -2.14. The largest absolute Gasteiger partial charge is 0.385 e. The first-order chi connectivity index (χ1) is 16.6. The molecule has 8 heteroatoms. The summed E-state index contributed by atoms with van der Waals surface area (Å²) in [5.41, 5.74) is 1.74. The normalized spacial score (nSPS) is 16.4. The molecule has 1 heterocycles. The van der Waals surface area contributed by atoms with Gasteiger partial charge in [0.15, 0.2) is 0 Å². The fourth-order valence-electron chi connectivity index (χ4n) is 4.15. The quantitative estimate of drug-likeness (QED) is 0.381. The number of benzene rings is 2. The molecule has 0 unspecified atom stereocenters. The lowest BCUT2D eigenvalue weighted by molar-refractivity contribution is -0.137. The number of amides is 3. The zero-order chi connectivity index (χ0) is 23.9. The van der Waals surface area contributed by atoms with Crippen molar-refractivity contribution in [2.45, 2.75) is 37.0 Å². The van der Waals surface area contributed by atoms with E-state index in [0.29, 0.717) is 24.5 Å². The second kappa shape index (κ2) is 11.4. The van der Waals surface area contributed by atoms with Gasteiger partial charge in [-0.05, 0) is 55.7 Å². The highest BCUT2D eigenvalue weighted by Gasteiger charge is 2.38. The Morgan fingerprint density at radius 1 is 1.00 bits per heavy atom. The number of ether oxygens (including phenoxy) is 1. The first-order valence-corrected chi connectivity index (χ1v) is 12.4. The van der Waals surface area contributed by atoms with E-state index in [1.54, 1.807) is 7.11 Å². The molecule has 4 rings (SSSR count). The van der Waals surface area contributed by atoms with Crippen LogP contribution in [0.1, 0.15) is 32.1 Å².